The van der Waals surface area contributed by atoms with Gasteiger partial charge in [-0.05, 0) is 37.6 Å². The van der Waals surface area contributed by atoms with Crippen LogP contribution in [0.1, 0.15) is 22.9 Å². The molecule has 0 radical (unpaired) electrons. The van der Waals surface area contributed by atoms with Crippen molar-refractivity contribution in [2.24, 2.45) is 0 Å². The van der Waals surface area contributed by atoms with E-state index in [1.807, 2.05) is 56.3 Å². The molecule has 0 saturated heterocycles. The van der Waals surface area contributed by atoms with Gasteiger partial charge in [-0.1, -0.05) is 35.9 Å². The van der Waals surface area contributed by atoms with Gasteiger partial charge < -0.3 is 13.9 Å². The Morgan fingerprint density at radius 1 is 0.870 bits per heavy atom. The van der Waals surface area contributed by atoms with Crippen LogP contribution in [0.15, 0.2) is 52.9 Å². The molecule has 23 heavy (non-hydrogen) atoms. The van der Waals surface area contributed by atoms with Gasteiger partial charge in [0.2, 0.25) is 0 Å². The van der Waals surface area contributed by atoms with E-state index in [2.05, 4.69) is 16.3 Å². The smallest absolute Gasteiger partial charge is 0.254 e. The van der Waals surface area contributed by atoms with Crippen molar-refractivity contribution in [2.75, 3.05) is 0 Å². The molecular formula is C18H18N2O3. The summed E-state index contributed by atoms with van der Waals surface area (Å²) < 4.78 is 16.8. The van der Waals surface area contributed by atoms with Crippen LogP contribution < -0.4 is 9.47 Å². The highest BCUT2D eigenvalue weighted by Crippen LogP contribution is 2.20. The Labute approximate surface area is 134 Å². The number of rotatable bonds is 6. The van der Waals surface area contributed by atoms with Crippen molar-refractivity contribution in [2.45, 2.75) is 27.1 Å². The second-order valence-corrected chi connectivity index (χ2v) is 5.25. The van der Waals surface area contributed by atoms with E-state index >= 15 is 0 Å². The Morgan fingerprint density at radius 2 is 1.57 bits per heavy atom. The highest BCUT2D eigenvalue weighted by atomic mass is 16.5. The number of aromatic nitrogens is 2. The largest absolute Gasteiger partial charge is 0.484 e. The molecule has 0 unspecified atom stereocenters. The van der Waals surface area contributed by atoms with Gasteiger partial charge in [-0.25, -0.2) is 0 Å². The molecule has 2 aromatic carbocycles. The summed E-state index contributed by atoms with van der Waals surface area (Å²) in [6.07, 6.45) is 0. The predicted octanol–water partition coefficient (Wildman–Crippen LogP) is 3.84. The summed E-state index contributed by atoms with van der Waals surface area (Å²) in [6, 6.07) is 15.5. The highest BCUT2D eigenvalue weighted by molar-refractivity contribution is 5.35. The average Bonchev–Trinajstić information content (AvgIpc) is 3.01. The van der Waals surface area contributed by atoms with Crippen molar-refractivity contribution in [3.8, 4) is 11.5 Å². The van der Waals surface area contributed by atoms with Gasteiger partial charge in [-0.2, -0.15) is 0 Å². The van der Waals surface area contributed by atoms with Gasteiger partial charge >= 0.3 is 0 Å². The fourth-order valence-electron chi connectivity index (χ4n) is 2.17. The number of ether oxygens (including phenoxy) is 2. The standard InChI is InChI=1S/C18H18N2O3/c1-13-8-9-16(14(2)10-13)22-12-18-20-19-17(23-18)11-21-15-6-4-3-5-7-15/h3-10H,11-12H2,1-2H3. The first-order chi connectivity index (χ1) is 11.2. The molecule has 0 atom stereocenters. The lowest BCUT2D eigenvalue weighted by Gasteiger charge is -2.07. The third kappa shape index (κ3) is 4.10. The Hall–Kier alpha value is -2.82. The van der Waals surface area contributed by atoms with Gasteiger partial charge in [0.25, 0.3) is 11.8 Å². The van der Waals surface area contributed by atoms with Crippen molar-refractivity contribution >= 4 is 0 Å². The molecule has 0 aliphatic rings. The average molecular weight is 310 g/mol. The maximum atomic E-state index is 5.72. The van der Waals surface area contributed by atoms with Crippen molar-refractivity contribution in [1.82, 2.24) is 10.2 Å². The molecule has 0 bridgehead atoms. The zero-order valence-corrected chi connectivity index (χ0v) is 13.2. The second-order valence-electron chi connectivity index (χ2n) is 5.25. The van der Waals surface area contributed by atoms with Crippen LogP contribution in [-0.4, -0.2) is 10.2 Å². The van der Waals surface area contributed by atoms with E-state index in [0.717, 1.165) is 17.1 Å². The monoisotopic (exact) mass is 310 g/mol. The minimum Gasteiger partial charge on any atom is -0.484 e. The number of hydrogen-bond donors (Lipinski definition) is 0. The molecule has 1 aromatic heterocycles. The maximum Gasteiger partial charge on any atom is 0.254 e. The van der Waals surface area contributed by atoms with Gasteiger partial charge in [-0.3, -0.25) is 0 Å². The fraction of sp³-hybridized carbons (Fsp3) is 0.222. The summed E-state index contributed by atoms with van der Waals surface area (Å²) in [7, 11) is 0. The Bertz CT molecular complexity index is 769. The number of aryl methyl sites for hydroxylation is 2. The molecule has 3 aromatic rings. The molecule has 0 fully saturated rings. The lowest BCUT2D eigenvalue weighted by atomic mass is 10.1. The molecule has 0 spiro atoms. The summed E-state index contributed by atoms with van der Waals surface area (Å²) in [5, 5.41) is 7.93. The van der Waals surface area contributed by atoms with Crippen LogP contribution in [0.4, 0.5) is 0 Å². The van der Waals surface area contributed by atoms with Gasteiger partial charge in [0.05, 0.1) is 0 Å². The molecule has 0 aliphatic heterocycles. The van der Waals surface area contributed by atoms with E-state index in [9.17, 15) is 0 Å². The van der Waals surface area contributed by atoms with E-state index in [0.29, 0.717) is 11.8 Å². The number of hydrogen-bond acceptors (Lipinski definition) is 5. The minimum atomic E-state index is 0.237. The predicted molar refractivity (Wildman–Crippen MR) is 85.3 cm³/mol. The second kappa shape index (κ2) is 6.96. The molecule has 0 amide bonds. The first kappa shape index (κ1) is 15.1. The lowest BCUT2D eigenvalue weighted by molar-refractivity contribution is 0.231. The van der Waals surface area contributed by atoms with Gasteiger partial charge in [0.15, 0.2) is 13.2 Å². The Balaban J connectivity index is 1.55. The van der Waals surface area contributed by atoms with Crippen molar-refractivity contribution in [3.05, 3.63) is 71.4 Å². The summed E-state index contributed by atoms with van der Waals surface area (Å²) >= 11 is 0. The molecule has 118 valence electrons. The summed E-state index contributed by atoms with van der Waals surface area (Å²) in [5.41, 5.74) is 2.28. The van der Waals surface area contributed by atoms with Crippen LogP contribution in [-0.2, 0) is 13.2 Å². The van der Waals surface area contributed by atoms with Crippen molar-refractivity contribution in [3.63, 3.8) is 0 Å². The van der Waals surface area contributed by atoms with Crippen molar-refractivity contribution < 1.29 is 13.9 Å². The minimum absolute atomic E-state index is 0.237. The van der Waals surface area contributed by atoms with Crippen LogP contribution in [0, 0.1) is 13.8 Å². The quantitative estimate of drug-likeness (QED) is 0.692. The molecule has 5 heteroatoms. The Morgan fingerprint density at radius 3 is 2.26 bits per heavy atom. The van der Waals surface area contributed by atoms with Crippen LogP contribution >= 0.6 is 0 Å². The maximum absolute atomic E-state index is 5.72. The third-order valence-corrected chi connectivity index (χ3v) is 3.30. The lowest BCUT2D eigenvalue weighted by Crippen LogP contribution is -1.97. The molecule has 0 saturated carbocycles. The van der Waals surface area contributed by atoms with Crippen LogP contribution in [0.2, 0.25) is 0 Å². The van der Waals surface area contributed by atoms with Gasteiger partial charge in [0, 0.05) is 0 Å². The number of benzene rings is 2. The Kier molecular flexibility index (Phi) is 4.57. The molecule has 1 heterocycles. The van der Waals surface area contributed by atoms with E-state index in [1.54, 1.807) is 0 Å². The van der Waals surface area contributed by atoms with E-state index < -0.39 is 0 Å². The molecule has 0 N–H and O–H groups in total. The van der Waals surface area contributed by atoms with E-state index in [4.69, 9.17) is 13.9 Å². The fourth-order valence-corrected chi connectivity index (χ4v) is 2.17. The number of para-hydroxylation sites is 1. The van der Waals surface area contributed by atoms with Crippen LogP contribution in [0.3, 0.4) is 0 Å². The normalized spacial score (nSPS) is 10.5. The topological polar surface area (TPSA) is 57.4 Å². The van der Waals surface area contributed by atoms with E-state index in [-0.39, 0.29) is 13.2 Å². The zero-order valence-electron chi connectivity index (χ0n) is 13.2. The highest BCUT2D eigenvalue weighted by Gasteiger charge is 2.08. The van der Waals surface area contributed by atoms with Crippen LogP contribution in [0.25, 0.3) is 0 Å². The number of nitrogens with zero attached hydrogens (tertiary/aromatic N) is 2. The summed E-state index contributed by atoms with van der Waals surface area (Å²) in [4.78, 5) is 0. The first-order valence-electron chi connectivity index (χ1n) is 7.40. The van der Waals surface area contributed by atoms with Gasteiger partial charge in [-0.15, -0.1) is 10.2 Å². The molecule has 0 aliphatic carbocycles. The molecule has 5 nitrogen and oxygen atoms in total. The summed E-state index contributed by atoms with van der Waals surface area (Å²) in [6.45, 7) is 4.53. The van der Waals surface area contributed by atoms with E-state index in [1.165, 1.54) is 5.56 Å². The van der Waals surface area contributed by atoms with Crippen molar-refractivity contribution in [1.29, 1.82) is 0 Å². The molecule has 3 rings (SSSR count). The van der Waals surface area contributed by atoms with Crippen LogP contribution in [0.5, 0.6) is 11.5 Å². The van der Waals surface area contributed by atoms with Gasteiger partial charge in [0.1, 0.15) is 11.5 Å². The molecular weight excluding hydrogens is 292 g/mol. The third-order valence-electron chi connectivity index (χ3n) is 3.30. The first-order valence-corrected chi connectivity index (χ1v) is 7.40. The summed E-state index contributed by atoms with van der Waals surface area (Å²) in [5.74, 6) is 2.43. The SMILES string of the molecule is Cc1ccc(OCc2nnc(COc3ccccc3)o2)c(C)c1. The zero-order chi connectivity index (χ0) is 16.1.